The molecule has 1 aromatic carbocycles. The molecule has 0 aliphatic heterocycles. The number of aromatic nitrogens is 2. The zero-order valence-corrected chi connectivity index (χ0v) is 10.7. The molecule has 0 aliphatic rings. The summed E-state index contributed by atoms with van der Waals surface area (Å²) in [5.41, 5.74) is 6.56. The topological polar surface area (TPSA) is 70.3 Å². The first-order valence-corrected chi connectivity index (χ1v) is 5.59. The van der Waals surface area contributed by atoms with Crippen LogP contribution in [0.4, 0.5) is 5.95 Å². The largest absolute Gasteiger partial charge is 0.493 e. The molecule has 0 saturated heterocycles. The highest BCUT2D eigenvalue weighted by molar-refractivity contribution is 6.29. The van der Waals surface area contributed by atoms with Crippen LogP contribution in [0.3, 0.4) is 0 Å². The van der Waals surface area contributed by atoms with Gasteiger partial charge in [-0.3, -0.25) is 0 Å². The minimum Gasteiger partial charge on any atom is -0.493 e. The van der Waals surface area contributed by atoms with E-state index in [9.17, 15) is 0 Å². The Balaban J connectivity index is 2.33. The second kappa shape index (κ2) is 5.10. The van der Waals surface area contributed by atoms with Crippen molar-refractivity contribution in [3.05, 3.63) is 35.0 Å². The van der Waals surface area contributed by atoms with Crippen molar-refractivity contribution in [1.29, 1.82) is 0 Å². The molecule has 0 unspecified atom stereocenters. The van der Waals surface area contributed by atoms with Crippen LogP contribution < -0.4 is 15.2 Å². The molecule has 1 aromatic heterocycles. The summed E-state index contributed by atoms with van der Waals surface area (Å²) in [6.07, 6.45) is 0. The molecule has 2 rings (SSSR count). The number of benzene rings is 1. The lowest BCUT2D eigenvalue weighted by Gasteiger charge is -2.10. The van der Waals surface area contributed by atoms with Crippen LogP contribution in [0.25, 0.3) is 0 Å². The van der Waals surface area contributed by atoms with Gasteiger partial charge in [0.1, 0.15) is 5.15 Å². The van der Waals surface area contributed by atoms with E-state index in [0.29, 0.717) is 11.5 Å². The number of nitrogens with zero attached hydrogens (tertiary/aromatic N) is 2. The summed E-state index contributed by atoms with van der Waals surface area (Å²) >= 11 is 5.77. The number of nitrogens with two attached hydrogens (primary N) is 1. The third-order valence-electron chi connectivity index (χ3n) is 2.22. The quantitative estimate of drug-likeness (QED) is 0.864. The van der Waals surface area contributed by atoms with Crippen LogP contribution >= 0.6 is 11.6 Å². The second-order valence-corrected chi connectivity index (χ2v) is 4.03. The fraction of sp³-hybridized carbons (Fsp3) is 0.167. The molecule has 6 heteroatoms. The van der Waals surface area contributed by atoms with Crippen molar-refractivity contribution in [1.82, 2.24) is 9.97 Å². The van der Waals surface area contributed by atoms with Gasteiger partial charge < -0.3 is 15.2 Å². The molecule has 0 spiro atoms. The van der Waals surface area contributed by atoms with Crippen LogP contribution in [0.5, 0.6) is 17.4 Å². The van der Waals surface area contributed by atoms with Gasteiger partial charge in [0, 0.05) is 6.07 Å². The fourth-order valence-electron chi connectivity index (χ4n) is 1.44. The summed E-state index contributed by atoms with van der Waals surface area (Å²) in [6.45, 7) is 1.96. The van der Waals surface area contributed by atoms with Gasteiger partial charge in [-0.1, -0.05) is 17.7 Å². The van der Waals surface area contributed by atoms with Crippen molar-refractivity contribution in [2.45, 2.75) is 6.92 Å². The Labute approximate surface area is 110 Å². The SMILES string of the molecule is COc1cc(C)ccc1Oc1cc(Cl)nc(N)n1. The standard InChI is InChI=1S/C12H12ClN3O2/c1-7-3-4-8(9(5-7)17-2)18-11-6-10(13)15-12(14)16-11/h3-6H,1-2H3,(H2,14,15,16). The molecule has 0 atom stereocenters. The number of aryl methyl sites for hydroxylation is 1. The lowest BCUT2D eigenvalue weighted by atomic mass is 10.2. The number of anilines is 1. The van der Waals surface area contributed by atoms with Gasteiger partial charge >= 0.3 is 0 Å². The molecule has 0 bridgehead atoms. The maximum atomic E-state index is 5.77. The maximum absolute atomic E-state index is 5.77. The molecule has 2 aromatic rings. The van der Waals surface area contributed by atoms with Gasteiger partial charge in [-0.05, 0) is 24.6 Å². The van der Waals surface area contributed by atoms with Crippen LogP contribution in [0, 0.1) is 6.92 Å². The van der Waals surface area contributed by atoms with Gasteiger partial charge in [-0.25, -0.2) is 4.98 Å². The molecular weight excluding hydrogens is 254 g/mol. The second-order valence-electron chi connectivity index (χ2n) is 3.64. The summed E-state index contributed by atoms with van der Waals surface area (Å²) in [5, 5.41) is 0.226. The van der Waals surface area contributed by atoms with Crippen molar-refractivity contribution in [2.75, 3.05) is 12.8 Å². The first kappa shape index (κ1) is 12.4. The van der Waals surface area contributed by atoms with Crippen LogP contribution in [-0.2, 0) is 0 Å². The van der Waals surface area contributed by atoms with E-state index in [1.54, 1.807) is 13.2 Å². The van der Waals surface area contributed by atoms with Crippen LogP contribution in [-0.4, -0.2) is 17.1 Å². The average Bonchev–Trinajstić information content (AvgIpc) is 2.30. The Bertz CT molecular complexity index is 555. The minimum absolute atomic E-state index is 0.0589. The van der Waals surface area contributed by atoms with E-state index >= 15 is 0 Å². The monoisotopic (exact) mass is 265 g/mol. The van der Waals surface area contributed by atoms with Gasteiger partial charge in [0.2, 0.25) is 11.8 Å². The van der Waals surface area contributed by atoms with Gasteiger partial charge in [0.25, 0.3) is 0 Å². The van der Waals surface area contributed by atoms with Crippen molar-refractivity contribution >= 4 is 17.5 Å². The first-order valence-electron chi connectivity index (χ1n) is 5.21. The number of halogens is 1. The summed E-state index contributed by atoms with van der Waals surface area (Å²) in [6, 6.07) is 7.04. The van der Waals surface area contributed by atoms with Gasteiger partial charge in [-0.2, -0.15) is 4.98 Å². The minimum atomic E-state index is 0.0589. The lowest BCUT2D eigenvalue weighted by Crippen LogP contribution is -1.98. The van der Waals surface area contributed by atoms with Crippen molar-refractivity contribution < 1.29 is 9.47 Å². The summed E-state index contributed by atoms with van der Waals surface area (Å²) in [5.74, 6) is 1.49. The van der Waals surface area contributed by atoms with E-state index < -0.39 is 0 Å². The summed E-state index contributed by atoms with van der Waals surface area (Å²) < 4.78 is 10.8. The molecular formula is C12H12ClN3O2. The van der Waals surface area contributed by atoms with E-state index in [4.69, 9.17) is 26.8 Å². The Morgan fingerprint density at radius 1 is 1.17 bits per heavy atom. The number of methoxy groups -OCH3 is 1. The van der Waals surface area contributed by atoms with Gasteiger partial charge in [0.05, 0.1) is 7.11 Å². The Hall–Kier alpha value is -2.01. The summed E-state index contributed by atoms with van der Waals surface area (Å²) in [4.78, 5) is 7.69. The maximum Gasteiger partial charge on any atom is 0.225 e. The van der Waals surface area contributed by atoms with E-state index in [0.717, 1.165) is 5.56 Å². The zero-order chi connectivity index (χ0) is 13.1. The molecule has 0 radical (unpaired) electrons. The Kier molecular flexibility index (Phi) is 3.53. The highest BCUT2D eigenvalue weighted by Gasteiger charge is 2.08. The fourth-order valence-corrected chi connectivity index (χ4v) is 1.62. The van der Waals surface area contributed by atoms with Crippen LogP contribution in [0.1, 0.15) is 5.56 Å². The van der Waals surface area contributed by atoms with Crippen molar-refractivity contribution in [3.63, 3.8) is 0 Å². The van der Waals surface area contributed by atoms with E-state index in [1.807, 2.05) is 19.1 Å². The number of hydrogen-bond donors (Lipinski definition) is 1. The molecule has 0 fully saturated rings. The highest BCUT2D eigenvalue weighted by atomic mass is 35.5. The first-order chi connectivity index (χ1) is 8.58. The number of nitrogen functional groups attached to an aromatic ring is 1. The predicted molar refractivity (Wildman–Crippen MR) is 69.3 cm³/mol. The molecule has 0 aliphatic carbocycles. The third-order valence-corrected chi connectivity index (χ3v) is 2.42. The Morgan fingerprint density at radius 2 is 1.94 bits per heavy atom. The molecule has 5 nitrogen and oxygen atoms in total. The number of ether oxygens (including phenoxy) is 2. The van der Waals surface area contributed by atoms with E-state index in [1.165, 1.54) is 6.07 Å². The lowest BCUT2D eigenvalue weighted by molar-refractivity contribution is 0.374. The van der Waals surface area contributed by atoms with Crippen LogP contribution in [0.2, 0.25) is 5.15 Å². The molecule has 2 N–H and O–H groups in total. The molecule has 94 valence electrons. The molecule has 18 heavy (non-hydrogen) atoms. The number of rotatable bonds is 3. The van der Waals surface area contributed by atoms with Crippen molar-refractivity contribution in [3.8, 4) is 17.4 Å². The Morgan fingerprint density at radius 3 is 2.61 bits per heavy atom. The van der Waals surface area contributed by atoms with Gasteiger partial charge in [0.15, 0.2) is 11.5 Å². The van der Waals surface area contributed by atoms with E-state index in [2.05, 4.69) is 9.97 Å². The van der Waals surface area contributed by atoms with Crippen molar-refractivity contribution in [2.24, 2.45) is 0 Å². The van der Waals surface area contributed by atoms with E-state index in [-0.39, 0.29) is 17.0 Å². The zero-order valence-electron chi connectivity index (χ0n) is 9.98. The molecule has 1 heterocycles. The average molecular weight is 266 g/mol. The third kappa shape index (κ3) is 2.81. The predicted octanol–water partition coefficient (Wildman–Crippen LogP) is 2.82. The molecule has 0 amide bonds. The van der Waals surface area contributed by atoms with Gasteiger partial charge in [-0.15, -0.1) is 0 Å². The smallest absolute Gasteiger partial charge is 0.225 e. The number of hydrogen-bond acceptors (Lipinski definition) is 5. The molecule has 0 saturated carbocycles. The summed E-state index contributed by atoms with van der Waals surface area (Å²) in [7, 11) is 1.57. The van der Waals surface area contributed by atoms with Crippen LogP contribution in [0.15, 0.2) is 24.3 Å². The highest BCUT2D eigenvalue weighted by Crippen LogP contribution is 2.32. The normalized spacial score (nSPS) is 10.2.